The van der Waals surface area contributed by atoms with Crippen LogP contribution in [0.15, 0.2) is 32.8 Å². The van der Waals surface area contributed by atoms with Gasteiger partial charge in [0, 0.05) is 10.9 Å². The van der Waals surface area contributed by atoms with Crippen LogP contribution in [0.3, 0.4) is 0 Å². The van der Waals surface area contributed by atoms with Crippen molar-refractivity contribution in [3.8, 4) is 11.1 Å². The van der Waals surface area contributed by atoms with Crippen molar-refractivity contribution in [1.82, 2.24) is 9.97 Å². The first-order valence-electron chi connectivity index (χ1n) is 6.08. The summed E-state index contributed by atoms with van der Waals surface area (Å²) in [5.74, 6) is 0.103. The highest BCUT2D eigenvalue weighted by Crippen LogP contribution is 2.33. The number of hydrogen-bond acceptors (Lipinski definition) is 3. The Hall–Kier alpha value is -1.24. The van der Waals surface area contributed by atoms with Gasteiger partial charge in [0.05, 0.1) is 15.2 Å². The predicted molar refractivity (Wildman–Crippen MR) is 87.6 cm³/mol. The Labute approximate surface area is 136 Å². The van der Waals surface area contributed by atoms with Crippen molar-refractivity contribution in [3.05, 3.63) is 50.0 Å². The van der Waals surface area contributed by atoms with Gasteiger partial charge in [-0.1, -0.05) is 6.07 Å². The van der Waals surface area contributed by atoms with E-state index in [4.69, 9.17) is 11.6 Å². The van der Waals surface area contributed by atoms with E-state index in [-0.39, 0.29) is 16.8 Å². The number of aromatic amines is 1. The topological polar surface area (TPSA) is 45.8 Å². The smallest absolute Gasteiger partial charge is 0.260 e. The molecular formula is C14H9BrClFN2OS. The molecule has 0 aliphatic rings. The molecule has 0 radical (unpaired) electrons. The van der Waals surface area contributed by atoms with Crippen molar-refractivity contribution >= 4 is 49.1 Å². The van der Waals surface area contributed by atoms with Crippen LogP contribution in [0.5, 0.6) is 0 Å². The maximum atomic E-state index is 13.3. The van der Waals surface area contributed by atoms with Crippen molar-refractivity contribution in [3.63, 3.8) is 0 Å². The zero-order chi connectivity index (χ0) is 15.1. The number of aromatic nitrogens is 2. The van der Waals surface area contributed by atoms with E-state index in [9.17, 15) is 9.18 Å². The number of H-pyrrole nitrogens is 1. The molecule has 1 N–H and O–H groups in total. The van der Waals surface area contributed by atoms with Gasteiger partial charge in [0.25, 0.3) is 5.56 Å². The summed E-state index contributed by atoms with van der Waals surface area (Å²) in [5.41, 5.74) is 1.26. The van der Waals surface area contributed by atoms with E-state index in [1.54, 1.807) is 19.1 Å². The summed E-state index contributed by atoms with van der Waals surface area (Å²) in [4.78, 5) is 20.0. The molecule has 1 aromatic carbocycles. The summed E-state index contributed by atoms with van der Waals surface area (Å²) < 4.78 is 13.7. The lowest BCUT2D eigenvalue weighted by atomic mass is 10.1. The third-order valence-electron chi connectivity index (χ3n) is 3.07. The van der Waals surface area contributed by atoms with Gasteiger partial charge >= 0.3 is 0 Å². The number of thiophene rings is 1. The van der Waals surface area contributed by atoms with Crippen LogP contribution in [0.25, 0.3) is 21.3 Å². The average molecular weight is 388 g/mol. The summed E-state index contributed by atoms with van der Waals surface area (Å²) in [6, 6.07) is 4.65. The highest BCUT2D eigenvalue weighted by Gasteiger charge is 2.15. The fourth-order valence-electron chi connectivity index (χ4n) is 2.03. The maximum Gasteiger partial charge on any atom is 0.260 e. The van der Waals surface area contributed by atoms with Crippen LogP contribution in [0.4, 0.5) is 4.39 Å². The summed E-state index contributed by atoms with van der Waals surface area (Å²) in [7, 11) is 0. The number of nitrogens with one attached hydrogen (secondary N) is 1. The minimum Gasteiger partial charge on any atom is -0.309 e. The molecule has 21 heavy (non-hydrogen) atoms. The number of hydrogen-bond donors (Lipinski definition) is 1. The Kier molecular flexibility index (Phi) is 3.86. The highest BCUT2D eigenvalue weighted by atomic mass is 79.9. The summed E-state index contributed by atoms with van der Waals surface area (Å²) in [5, 5.41) is 1.97. The van der Waals surface area contributed by atoms with Crippen LogP contribution >= 0.6 is 38.9 Å². The summed E-state index contributed by atoms with van der Waals surface area (Å²) in [6.45, 7) is 1.75. The van der Waals surface area contributed by atoms with Gasteiger partial charge in [0.15, 0.2) is 0 Å². The van der Waals surface area contributed by atoms with Crippen molar-refractivity contribution < 1.29 is 4.39 Å². The van der Waals surface area contributed by atoms with Crippen LogP contribution in [0.2, 0.25) is 0 Å². The Morgan fingerprint density at radius 2 is 2.24 bits per heavy atom. The molecule has 1 unspecified atom stereocenters. The molecular weight excluding hydrogens is 379 g/mol. The number of halogens is 3. The first kappa shape index (κ1) is 14.7. The minimum absolute atomic E-state index is 0.237. The van der Waals surface area contributed by atoms with Gasteiger partial charge in [-0.3, -0.25) is 4.79 Å². The van der Waals surface area contributed by atoms with Gasteiger partial charge in [0.2, 0.25) is 0 Å². The number of nitrogens with zero attached hydrogens (tertiary/aromatic N) is 1. The molecule has 0 saturated carbocycles. The monoisotopic (exact) mass is 386 g/mol. The van der Waals surface area contributed by atoms with Crippen molar-refractivity contribution in [2.75, 3.05) is 0 Å². The molecule has 3 aromatic rings. The number of benzene rings is 1. The maximum absolute atomic E-state index is 13.3. The average Bonchev–Trinajstić information content (AvgIpc) is 2.86. The van der Waals surface area contributed by atoms with Gasteiger partial charge in [0.1, 0.15) is 16.5 Å². The minimum atomic E-state index is -0.368. The van der Waals surface area contributed by atoms with Gasteiger partial charge in [-0.25, -0.2) is 9.37 Å². The molecule has 0 spiro atoms. The molecule has 2 heterocycles. The fraction of sp³-hybridized carbons (Fsp3) is 0.143. The molecule has 0 aliphatic carbocycles. The van der Waals surface area contributed by atoms with E-state index >= 15 is 0 Å². The molecule has 1 atom stereocenters. The number of alkyl halides is 1. The van der Waals surface area contributed by atoms with E-state index in [0.29, 0.717) is 20.5 Å². The van der Waals surface area contributed by atoms with Gasteiger partial charge in [-0.15, -0.1) is 22.9 Å². The van der Waals surface area contributed by atoms with Gasteiger partial charge < -0.3 is 4.98 Å². The van der Waals surface area contributed by atoms with E-state index in [2.05, 4.69) is 25.9 Å². The van der Waals surface area contributed by atoms with Crippen molar-refractivity contribution in [2.45, 2.75) is 12.3 Å². The van der Waals surface area contributed by atoms with Gasteiger partial charge in [-0.05, 0) is 40.5 Å². The van der Waals surface area contributed by atoms with Crippen LogP contribution < -0.4 is 5.56 Å². The van der Waals surface area contributed by atoms with Crippen molar-refractivity contribution in [2.24, 2.45) is 0 Å². The number of rotatable bonds is 2. The molecule has 0 saturated heterocycles. The third-order valence-corrected chi connectivity index (χ3v) is 4.76. The Bertz CT molecular complexity index is 890. The summed E-state index contributed by atoms with van der Waals surface area (Å²) >= 11 is 10.5. The van der Waals surface area contributed by atoms with Crippen LogP contribution in [0.1, 0.15) is 18.1 Å². The standard InChI is InChI=1S/C14H9BrClFN2OS/c1-6(16)12-18-13(20)11-8(5-21-14(11)19-12)7-2-3-10(17)9(15)4-7/h2-6H,1H3,(H,18,19,20). The lowest BCUT2D eigenvalue weighted by molar-refractivity contribution is 0.621. The molecule has 0 aliphatic heterocycles. The van der Waals surface area contributed by atoms with E-state index in [0.717, 1.165) is 11.1 Å². The molecule has 7 heteroatoms. The van der Waals surface area contributed by atoms with Crippen LogP contribution in [0, 0.1) is 5.82 Å². The second-order valence-electron chi connectivity index (χ2n) is 4.53. The second-order valence-corrected chi connectivity index (χ2v) is 6.89. The molecule has 0 bridgehead atoms. The zero-order valence-corrected chi connectivity index (χ0v) is 13.9. The van der Waals surface area contributed by atoms with E-state index in [1.807, 2.05) is 5.38 Å². The molecule has 0 amide bonds. The SMILES string of the molecule is CC(Cl)c1nc2scc(-c3ccc(F)c(Br)c3)c2c(=O)[nH]1. The first-order chi connectivity index (χ1) is 9.97. The van der Waals surface area contributed by atoms with Gasteiger partial charge in [-0.2, -0.15) is 0 Å². The third kappa shape index (κ3) is 2.63. The molecule has 0 fully saturated rings. The lowest BCUT2D eigenvalue weighted by Crippen LogP contribution is -2.11. The first-order valence-corrected chi connectivity index (χ1v) is 8.19. The normalized spacial score (nSPS) is 12.8. The molecule has 3 nitrogen and oxygen atoms in total. The van der Waals surface area contributed by atoms with Crippen LogP contribution in [-0.2, 0) is 0 Å². The molecule has 2 aromatic heterocycles. The largest absolute Gasteiger partial charge is 0.309 e. The Balaban J connectivity index is 2.25. The highest BCUT2D eigenvalue weighted by molar-refractivity contribution is 9.10. The Morgan fingerprint density at radius 3 is 2.90 bits per heavy atom. The van der Waals surface area contributed by atoms with E-state index in [1.165, 1.54) is 17.4 Å². The second kappa shape index (κ2) is 5.51. The van der Waals surface area contributed by atoms with Crippen molar-refractivity contribution in [1.29, 1.82) is 0 Å². The zero-order valence-electron chi connectivity index (χ0n) is 10.8. The summed E-state index contributed by atoms with van der Waals surface area (Å²) in [6.07, 6.45) is 0. The molecule has 108 valence electrons. The Morgan fingerprint density at radius 1 is 1.48 bits per heavy atom. The number of fused-ring (bicyclic) bond motifs is 1. The predicted octanol–water partition coefficient (Wildman–Crippen LogP) is 4.85. The lowest BCUT2D eigenvalue weighted by Gasteiger charge is -2.04. The molecule has 3 rings (SSSR count). The fourth-order valence-corrected chi connectivity index (χ4v) is 3.47. The quantitative estimate of drug-likeness (QED) is 0.639. The van der Waals surface area contributed by atoms with E-state index < -0.39 is 0 Å². The van der Waals surface area contributed by atoms with Crippen LogP contribution in [-0.4, -0.2) is 9.97 Å².